The van der Waals surface area contributed by atoms with Gasteiger partial charge >= 0.3 is 0 Å². The zero-order valence-electron chi connectivity index (χ0n) is 14.2. The lowest BCUT2D eigenvalue weighted by molar-refractivity contribution is 0.334. The minimum absolute atomic E-state index is 0.472. The number of halogens is 3. The molecule has 0 aliphatic heterocycles. The fraction of sp³-hybridized carbons (Fsp3) is 0.211. The molecule has 1 N–H and O–H groups in total. The number of hydrogen-bond donors (Lipinski definition) is 1. The van der Waals surface area contributed by atoms with Gasteiger partial charge in [-0.1, -0.05) is 65.1 Å². The van der Waals surface area contributed by atoms with Crippen molar-refractivity contribution in [3.63, 3.8) is 0 Å². The molecule has 0 radical (unpaired) electrons. The van der Waals surface area contributed by atoms with Gasteiger partial charge in [0.25, 0.3) is 0 Å². The molecule has 0 aliphatic rings. The Bertz CT molecular complexity index is 844. The molecule has 0 saturated heterocycles. The Balaban J connectivity index is 1.58. The summed E-state index contributed by atoms with van der Waals surface area (Å²) >= 11 is 20.0. The van der Waals surface area contributed by atoms with E-state index in [0.717, 1.165) is 24.6 Å². The third-order valence-corrected chi connectivity index (χ3v) is 5.56. The Morgan fingerprint density at radius 3 is 2.46 bits per heavy atom. The van der Waals surface area contributed by atoms with E-state index in [-0.39, 0.29) is 0 Å². The first-order valence-electron chi connectivity index (χ1n) is 8.10. The molecule has 0 saturated carbocycles. The number of aromatic nitrogens is 1. The number of hydrogen-bond acceptors (Lipinski definition) is 4. The fourth-order valence-corrected chi connectivity index (χ4v) is 4.33. The van der Waals surface area contributed by atoms with Crippen molar-refractivity contribution in [3.8, 4) is 0 Å². The second-order valence-electron chi connectivity index (χ2n) is 5.97. The van der Waals surface area contributed by atoms with E-state index < -0.39 is 0 Å². The van der Waals surface area contributed by atoms with Crippen LogP contribution in [0.1, 0.15) is 10.4 Å². The van der Waals surface area contributed by atoms with Crippen LogP contribution >= 0.6 is 46.1 Å². The standard InChI is InChI=1S/C19H18Cl3N3S/c1-25(8-7-13-5-3-2-4-6-13)12-15-11-23-19(26-15)24-18-16(21)9-14(20)10-17(18)22/h2-6,9-11H,7-8,12H2,1H3,(H,23,24). The van der Waals surface area contributed by atoms with Crippen LogP contribution in [0, 0.1) is 0 Å². The average Bonchev–Trinajstić information content (AvgIpc) is 3.04. The molecular formula is C19H18Cl3N3S. The molecule has 3 rings (SSSR count). The summed E-state index contributed by atoms with van der Waals surface area (Å²) in [6.45, 7) is 1.83. The lowest BCUT2D eigenvalue weighted by Gasteiger charge is -2.15. The highest BCUT2D eigenvalue weighted by Gasteiger charge is 2.11. The van der Waals surface area contributed by atoms with E-state index in [1.165, 1.54) is 10.4 Å². The lowest BCUT2D eigenvalue weighted by Crippen LogP contribution is -2.20. The monoisotopic (exact) mass is 425 g/mol. The van der Waals surface area contributed by atoms with Gasteiger partial charge in [0.1, 0.15) is 0 Å². The smallest absolute Gasteiger partial charge is 0.187 e. The van der Waals surface area contributed by atoms with Gasteiger partial charge in [-0.05, 0) is 31.2 Å². The second-order valence-corrected chi connectivity index (χ2v) is 8.34. The molecule has 7 heteroatoms. The summed E-state index contributed by atoms with van der Waals surface area (Å²) < 4.78 is 0. The second kappa shape index (κ2) is 9.07. The third-order valence-electron chi connectivity index (χ3n) is 3.84. The first-order chi connectivity index (χ1) is 12.5. The molecule has 2 aromatic carbocycles. The van der Waals surface area contributed by atoms with E-state index in [1.807, 2.05) is 12.3 Å². The van der Waals surface area contributed by atoms with Crippen LogP contribution in [0.3, 0.4) is 0 Å². The molecule has 0 spiro atoms. The van der Waals surface area contributed by atoms with Gasteiger partial charge in [0.2, 0.25) is 0 Å². The maximum atomic E-state index is 6.21. The molecule has 3 aromatic rings. The summed E-state index contributed by atoms with van der Waals surface area (Å²) in [5, 5.41) is 5.39. The number of likely N-dealkylation sites (N-methyl/N-ethyl adjacent to an activating group) is 1. The number of thiazole rings is 1. The van der Waals surface area contributed by atoms with Gasteiger partial charge in [0.15, 0.2) is 5.13 Å². The summed E-state index contributed by atoms with van der Waals surface area (Å²) in [7, 11) is 2.11. The summed E-state index contributed by atoms with van der Waals surface area (Å²) in [5.74, 6) is 0. The Labute approximate surface area is 172 Å². The molecule has 26 heavy (non-hydrogen) atoms. The highest BCUT2D eigenvalue weighted by molar-refractivity contribution is 7.15. The van der Waals surface area contributed by atoms with Crippen molar-refractivity contribution in [3.05, 3.63) is 74.2 Å². The zero-order valence-corrected chi connectivity index (χ0v) is 17.3. The molecule has 136 valence electrons. The summed E-state index contributed by atoms with van der Waals surface area (Å²) in [4.78, 5) is 7.87. The first kappa shape index (κ1) is 19.5. The van der Waals surface area contributed by atoms with E-state index in [2.05, 4.69) is 46.5 Å². The van der Waals surface area contributed by atoms with Crippen LogP contribution in [-0.4, -0.2) is 23.5 Å². The Morgan fingerprint density at radius 2 is 1.77 bits per heavy atom. The van der Waals surface area contributed by atoms with Crippen molar-refractivity contribution in [2.75, 3.05) is 18.9 Å². The van der Waals surface area contributed by atoms with Crippen LogP contribution in [0.25, 0.3) is 0 Å². The predicted molar refractivity (Wildman–Crippen MR) is 113 cm³/mol. The molecule has 0 aliphatic carbocycles. The fourth-order valence-electron chi connectivity index (χ4n) is 2.52. The molecule has 0 bridgehead atoms. The van der Waals surface area contributed by atoms with E-state index in [9.17, 15) is 0 Å². The van der Waals surface area contributed by atoms with Crippen molar-refractivity contribution in [1.29, 1.82) is 0 Å². The normalized spacial score (nSPS) is 11.1. The van der Waals surface area contributed by atoms with Crippen LogP contribution in [-0.2, 0) is 13.0 Å². The average molecular weight is 427 g/mol. The Kier molecular flexibility index (Phi) is 6.79. The van der Waals surface area contributed by atoms with Gasteiger partial charge in [-0.3, -0.25) is 0 Å². The largest absolute Gasteiger partial charge is 0.329 e. The van der Waals surface area contributed by atoms with Crippen LogP contribution in [0.4, 0.5) is 10.8 Å². The van der Waals surface area contributed by atoms with E-state index in [0.29, 0.717) is 20.8 Å². The molecule has 1 heterocycles. The topological polar surface area (TPSA) is 28.2 Å². The minimum atomic E-state index is 0.472. The van der Waals surface area contributed by atoms with Gasteiger partial charge in [-0.25, -0.2) is 4.98 Å². The highest BCUT2D eigenvalue weighted by Crippen LogP contribution is 2.36. The molecule has 3 nitrogen and oxygen atoms in total. The van der Waals surface area contributed by atoms with Crippen molar-refractivity contribution in [2.24, 2.45) is 0 Å². The molecular weight excluding hydrogens is 409 g/mol. The molecule has 0 unspecified atom stereocenters. The summed E-state index contributed by atoms with van der Waals surface area (Å²) in [6, 6.07) is 13.8. The Morgan fingerprint density at radius 1 is 1.08 bits per heavy atom. The van der Waals surface area contributed by atoms with Crippen LogP contribution < -0.4 is 5.32 Å². The van der Waals surface area contributed by atoms with E-state index >= 15 is 0 Å². The lowest BCUT2D eigenvalue weighted by atomic mass is 10.1. The van der Waals surface area contributed by atoms with Crippen molar-refractivity contribution < 1.29 is 0 Å². The van der Waals surface area contributed by atoms with Crippen LogP contribution in [0.2, 0.25) is 15.1 Å². The quantitative estimate of drug-likeness (QED) is 0.466. The summed E-state index contributed by atoms with van der Waals surface area (Å²) in [6.07, 6.45) is 2.90. The minimum Gasteiger partial charge on any atom is -0.329 e. The number of anilines is 2. The number of benzene rings is 2. The maximum absolute atomic E-state index is 6.21. The third kappa shape index (κ3) is 5.35. The van der Waals surface area contributed by atoms with Gasteiger partial charge in [-0.15, -0.1) is 11.3 Å². The SMILES string of the molecule is CN(CCc1ccccc1)Cc1cnc(Nc2c(Cl)cc(Cl)cc2Cl)s1. The van der Waals surface area contributed by atoms with E-state index in [1.54, 1.807) is 23.5 Å². The van der Waals surface area contributed by atoms with Crippen molar-refractivity contribution >= 4 is 57.0 Å². The molecule has 0 atom stereocenters. The van der Waals surface area contributed by atoms with Crippen LogP contribution in [0.5, 0.6) is 0 Å². The highest BCUT2D eigenvalue weighted by atomic mass is 35.5. The van der Waals surface area contributed by atoms with Gasteiger partial charge in [0, 0.05) is 29.2 Å². The Hall–Kier alpha value is -1.30. The van der Waals surface area contributed by atoms with E-state index in [4.69, 9.17) is 34.8 Å². The number of rotatable bonds is 7. The number of nitrogens with zero attached hydrogens (tertiary/aromatic N) is 2. The van der Waals surface area contributed by atoms with Crippen molar-refractivity contribution in [2.45, 2.75) is 13.0 Å². The predicted octanol–water partition coefficient (Wildman–Crippen LogP) is 6.52. The summed E-state index contributed by atoms with van der Waals surface area (Å²) in [5.41, 5.74) is 1.97. The first-order valence-corrected chi connectivity index (χ1v) is 10.0. The van der Waals surface area contributed by atoms with Gasteiger partial charge in [0.05, 0.1) is 15.7 Å². The van der Waals surface area contributed by atoms with Gasteiger partial charge in [-0.2, -0.15) is 0 Å². The maximum Gasteiger partial charge on any atom is 0.187 e. The van der Waals surface area contributed by atoms with Crippen molar-refractivity contribution in [1.82, 2.24) is 9.88 Å². The molecule has 0 amide bonds. The number of nitrogens with one attached hydrogen (secondary N) is 1. The van der Waals surface area contributed by atoms with Gasteiger partial charge < -0.3 is 10.2 Å². The molecule has 0 fully saturated rings. The molecule has 1 aromatic heterocycles. The van der Waals surface area contributed by atoms with Crippen LogP contribution in [0.15, 0.2) is 48.7 Å². The zero-order chi connectivity index (χ0) is 18.5.